The van der Waals surface area contributed by atoms with Gasteiger partial charge in [0.05, 0.1) is 19.2 Å². The molecule has 2 aromatic carbocycles. The molecule has 2 aromatic rings. The Morgan fingerprint density at radius 1 is 1.07 bits per heavy atom. The zero-order valence-electron chi connectivity index (χ0n) is 17.7. The minimum Gasteiger partial charge on any atom is -0.494 e. The fourth-order valence-corrected chi connectivity index (χ4v) is 3.71. The van der Waals surface area contributed by atoms with Gasteiger partial charge in [-0.25, -0.2) is 8.78 Å². The second kappa shape index (κ2) is 10.00. The molecule has 1 heterocycles. The second-order valence-electron chi connectivity index (χ2n) is 7.74. The number of nitrogens with one attached hydrogen (secondary N) is 1. The molecule has 1 saturated heterocycles. The Bertz CT molecular complexity index is 852. The number of ether oxygens (including phenoxy) is 1. The summed E-state index contributed by atoms with van der Waals surface area (Å²) in [5.74, 6) is -0.439. The largest absolute Gasteiger partial charge is 0.494 e. The van der Waals surface area contributed by atoms with Crippen LogP contribution in [0.4, 0.5) is 8.78 Å². The third-order valence-electron chi connectivity index (χ3n) is 5.69. The molecule has 7 heteroatoms. The average Bonchev–Trinajstić information content (AvgIpc) is 2.74. The number of rotatable bonds is 7. The third-order valence-corrected chi connectivity index (χ3v) is 5.69. The molecule has 0 saturated carbocycles. The van der Waals surface area contributed by atoms with E-state index in [0.717, 1.165) is 37.3 Å². The normalized spacial score (nSPS) is 17.4. The fourth-order valence-electron chi connectivity index (χ4n) is 3.71. The van der Waals surface area contributed by atoms with Crippen LogP contribution in [0.5, 0.6) is 5.75 Å². The minimum atomic E-state index is -0.353. The molecule has 5 nitrogen and oxygen atoms in total. The maximum atomic E-state index is 13.9. The fraction of sp³-hybridized carbons (Fsp3) is 0.435. The molecule has 0 aliphatic carbocycles. The Balaban J connectivity index is 1.48. The Kier molecular flexibility index (Phi) is 7.39. The van der Waals surface area contributed by atoms with E-state index in [9.17, 15) is 13.6 Å². The molecule has 3 rings (SSSR count). The lowest BCUT2D eigenvalue weighted by atomic mass is 10.1. The van der Waals surface area contributed by atoms with Crippen LogP contribution in [0.3, 0.4) is 0 Å². The van der Waals surface area contributed by atoms with Gasteiger partial charge in [0, 0.05) is 32.7 Å². The van der Waals surface area contributed by atoms with Crippen molar-refractivity contribution in [3.63, 3.8) is 0 Å². The van der Waals surface area contributed by atoms with Crippen molar-refractivity contribution in [1.82, 2.24) is 15.1 Å². The predicted molar refractivity (Wildman–Crippen MR) is 112 cm³/mol. The summed E-state index contributed by atoms with van der Waals surface area (Å²) < 4.78 is 31.9. The Morgan fingerprint density at radius 2 is 1.73 bits per heavy atom. The molecular weight excluding hydrogens is 388 g/mol. The first-order valence-electron chi connectivity index (χ1n) is 10.2. The van der Waals surface area contributed by atoms with Gasteiger partial charge in [0.2, 0.25) is 5.91 Å². The van der Waals surface area contributed by atoms with E-state index in [1.165, 1.54) is 25.3 Å². The zero-order chi connectivity index (χ0) is 21.7. The smallest absolute Gasteiger partial charge is 0.237 e. The lowest BCUT2D eigenvalue weighted by Gasteiger charge is -2.37. The molecular formula is C23H29F2N3O2. The summed E-state index contributed by atoms with van der Waals surface area (Å²) in [5, 5.41) is 3.01. The number of carbonyl (C=O) groups excluding carboxylic acids is 1. The highest BCUT2D eigenvalue weighted by molar-refractivity contribution is 5.81. The van der Waals surface area contributed by atoms with E-state index in [2.05, 4.69) is 15.1 Å². The molecule has 0 radical (unpaired) electrons. The zero-order valence-corrected chi connectivity index (χ0v) is 17.7. The van der Waals surface area contributed by atoms with E-state index < -0.39 is 0 Å². The van der Waals surface area contributed by atoms with Crippen molar-refractivity contribution in [2.24, 2.45) is 0 Å². The molecule has 0 unspecified atom stereocenters. The maximum absolute atomic E-state index is 13.9. The maximum Gasteiger partial charge on any atom is 0.237 e. The topological polar surface area (TPSA) is 44.8 Å². The lowest BCUT2D eigenvalue weighted by molar-refractivity contribution is -0.127. The number of methoxy groups -OCH3 is 1. The van der Waals surface area contributed by atoms with Crippen LogP contribution in [0.1, 0.15) is 31.0 Å². The Hall–Kier alpha value is -2.51. The van der Waals surface area contributed by atoms with Gasteiger partial charge < -0.3 is 10.1 Å². The third kappa shape index (κ3) is 5.55. The van der Waals surface area contributed by atoms with Crippen molar-refractivity contribution in [3.05, 3.63) is 65.2 Å². The Labute approximate surface area is 176 Å². The van der Waals surface area contributed by atoms with Gasteiger partial charge in [-0.2, -0.15) is 0 Å². The van der Waals surface area contributed by atoms with Gasteiger partial charge in [-0.05, 0) is 49.2 Å². The highest BCUT2D eigenvalue weighted by Crippen LogP contribution is 2.20. The summed E-state index contributed by atoms with van der Waals surface area (Å²) in [6.07, 6.45) is 0. The van der Waals surface area contributed by atoms with E-state index in [0.29, 0.717) is 6.54 Å². The van der Waals surface area contributed by atoms with Gasteiger partial charge in [-0.3, -0.25) is 14.6 Å². The second-order valence-corrected chi connectivity index (χ2v) is 7.74. The first kappa shape index (κ1) is 22.2. The van der Waals surface area contributed by atoms with Crippen molar-refractivity contribution in [3.8, 4) is 5.75 Å². The number of benzene rings is 2. The van der Waals surface area contributed by atoms with Crippen LogP contribution in [0.15, 0.2) is 42.5 Å². The number of amides is 1. The quantitative estimate of drug-likeness (QED) is 0.751. The van der Waals surface area contributed by atoms with Crippen LogP contribution in [-0.4, -0.2) is 55.0 Å². The highest BCUT2D eigenvalue weighted by atomic mass is 19.1. The van der Waals surface area contributed by atoms with Gasteiger partial charge in [0.15, 0.2) is 11.6 Å². The minimum absolute atomic E-state index is 0.0440. The number of halogens is 2. The van der Waals surface area contributed by atoms with Crippen LogP contribution in [-0.2, 0) is 11.3 Å². The van der Waals surface area contributed by atoms with Crippen LogP contribution >= 0.6 is 0 Å². The van der Waals surface area contributed by atoms with E-state index >= 15 is 0 Å². The molecule has 1 N–H and O–H groups in total. The van der Waals surface area contributed by atoms with Crippen molar-refractivity contribution < 1.29 is 18.3 Å². The molecule has 0 spiro atoms. The van der Waals surface area contributed by atoms with E-state index in [-0.39, 0.29) is 35.4 Å². The van der Waals surface area contributed by atoms with Crippen LogP contribution in [0.2, 0.25) is 0 Å². The van der Waals surface area contributed by atoms with Crippen LogP contribution in [0, 0.1) is 11.6 Å². The van der Waals surface area contributed by atoms with E-state index in [1.54, 1.807) is 18.2 Å². The summed E-state index contributed by atoms with van der Waals surface area (Å²) in [6, 6.07) is 10.8. The molecule has 1 fully saturated rings. The summed E-state index contributed by atoms with van der Waals surface area (Å²) in [5.41, 5.74) is 1.77. The number of hydrogen-bond acceptors (Lipinski definition) is 4. The van der Waals surface area contributed by atoms with Crippen molar-refractivity contribution in [2.75, 3.05) is 33.3 Å². The summed E-state index contributed by atoms with van der Waals surface area (Å²) in [6.45, 7) is 7.59. The Morgan fingerprint density at radius 3 is 2.33 bits per heavy atom. The highest BCUT2D eigenvalue weighted by Gasteiger charge is 2.26. The number of carbonyl (C=O) groups is 1. The number of piperazine rings is 1. The number of nitrogens with zero attached hydrogens (tertiary/aromatic N) is 2. The van der Waals surface area contributed by atoms with Gasteiger partial charge in [0.25, 0.3) is 0 Å². The van der Waals surface area contributed by atoms with Crippen molar-refractivity contribution >= 4 is 5.91 Å². The predicted octanol–water partition coefficient (Wildman–Crippen LogP) is 3.36. The van der Waals surface area contributed by atoms with Crippen molar-refractivity contribution in [1.29, 1.82) is 0 Å². The van der Waals surface area contributed by atoms with Gasteiger partial charge in [0.1, 0.15) is 5.82 Å². The van der Waals surface area contributed by atoms with Gasteiger partial charge in [-0.1, -0.05) is 18.2 Å². The summed E-state index contributed by atoms with van der Waals surface area (Å²) >= 11 is 0. The number of hydrogen-bond donors (Lipinski definition) is 1. The molecule has 1 amide bonds. The van der Waals surface area contributed by atoms with E-state index in [4.69, 9.17) is 4.74 Å². The molecule has 1 aliphatic heterocycles. The molecule has 0 bridgehead atoms. The van der Waals surface area contributed by atoms with Gasteiger partial charge in [-0.15, -0.1) is 0 Å². The molecule has 0 aromatic heterocycles. The van der Waals surface area contributed by atoms with Crippen LogP contribution < -0.4 is 10.1 Å². The van der Waals surface area contributed by atoms with Crippen molar-refractivity contribution in [2.45, 2.75) is 32.5 Å². The SMILES string of the molecule is COc1ccc(CN2CCN([C@H](C)C(=O)N[C@H](C)c3ccc(F)cc3)CC2)cc1F. The van der Waals surface area contributed by atoms with Crippen LogP contribution in [0.25, 0.3) is 0 Å². The summed E-state index contributed by atoms with van der Waals surface area (Å²) in [7, 11) is 1.45. The molecule has 1 aliphatic rings. The summed E-state index contributed by atoms with van der Waals surface area (Å²) in [4.78, 5) is 17.1. The molecule has 162 valence electrons. The first-order valence-corrected chi connectivity index (χ1v) is 10.2. The molecule has 2 atom stereocenters. The van der Waals surface area contributed by atoms with E-state index in [1.807, 2.05) is 19.9 Å². The monoisotopic (exact) mass is 417 g/mol. The standard InChI is InChI=1S/C23H29F2N3O2/c1-16(19-5-7-20(24)8-6-19)26-23(29)17(2)28-12-10-27(11-13-28)15-18-4-9-22(30-3)21(25)14-18/h4-9,14,16-17H,10-13,15H2,1-3H3,(H,26,29)/t16-,17-/m1/s1. The molecule has 30 heavy (non-hydrogen) atoms. The first-order chi connectivity index (χ1) is 14.4. The lowest BCUT2D eigenvalue weighted by Crippen LogP contribution is -2.53. The average molecular weight is 418 g/mol. The van der Waals surface area contributed by atoms with Gasteiger partial charge >= 0.3 is 0 Å².